The van der Waals surface area contributed by atoms with E-state index in [9.17, 15) is 9.59 Å². The van der Waals surface area contributed by atoms with Crippen molar-refractivity contribution in [2.75, 3.05) is 10.6 Å². The molecule has 0 unspecified atom stereocenters. The molecule has 7 nitrogen and oxygen atoms in total. The molecular formula is C17H17BrN4O3S2. The molecular weight excluding hydrogens is 452 g/mol. The molecule has 142 valence electrons. The minimum absolute atomic E-state index is 0. The van der Waals surface area contributed by atoms with Crippen LogP contribution in [0.2, 0.25) is 0 Å². The summed E-state index contributed by atoms with van der Waals surface area (Å²) in [6, 6.07) is 6.55. The maximum absolute atomic E-state index is 11.5. The molecule has 1 aromatic carbocycles. The maximum Gasteiger partial charge on any atom is 0.335 e. The van der Waals surface area contributed by atoms with Gasteiger partial charge in [0.05, 0.1) is 21.8 Å². The molecule has 0 aliphatic rings. The van der Waals surface area contributed by atoms with Crippen LogP contribution in [-0.2, 0) is 4.79 Å². The summed E-state index contributed by atoms with van der Waals surface area (Å²) in [4.78, 5) is 32.4. The van der Waals surface area contributed by atoms with Crippen molar-refractivity contribution in [3.05, 3.63) is 40.9 Å². The van der Waals surface area contributed by atoms with Gasteiger partial charge in [0.1, 0.15) is 0 Å². The molecule has 0 bridgehead atoms. The van der Waals surface area contributed by atoms with Crippen LogP contribution in [-0.4, -0.2) is 27.0 Å². The van der Waals surface area contributed by atoms with E-state index in [1.807, 2.05) is 12.3 Å². The number of carboxylic acids is 1. The van der Waals surface area contributed by atoms with Gasteiger partial charge in [-0.2, -0.15) is 0 Å². The van der Waals surface area contributed by atoms with Gasteiger partial charge in [-0.3, -0.25) is 4.79 Å². The number of nitrogens with zero attached hydrogens (tertiary/aromatic N) is 2. The fourth-order valence-corrected chi connectivity index (χ4v) is 3.92. The largest absolute Gasteiger partial charge is 0.478 e. The molecule has 2 aromatic heterocycles. The highest BCUT2D eigenvalue weighted by Crippen LogP contribution is 2.35. The summed E-state index contributed by atoms with van der Waals surface area (Å²) in [5, 5.41) is 18.0. The highest BCUT2D eigenvalue weighted by molar-refractivity contribution is 8.93. The standard InChI is InChI=1S/C17H16N4O3S2.BrH/c1-3-13(22)21-17-18-9(2)14(26-17)12-8-25-16(20-12)19-11-6-4-5-10(7-11)15(23)24;/h4-8H,3H2,1-2H3,(H,19,20)(H,23,24)(H,18,21,22);1H. The van der Waals surface area contributed by atoms with Crippen molar-refractivity contribution in [1.82, 2.24) is 9.97 Å². The normalized spacial score (nSPS) is 10.1. The summed E-state index contributed by atoms with van der Waals surface area (Å²) in [5.41, 5.74) is 2.43. The van der Waals surface area contributed by atoms with Gasteiger partial charge < -0.3 is 15.7 Å². The van der Waals surface area contributed by atoms with Gasteiger partial charge in [0, 0.05) is 17.5 Å². The SMILES string of the molecule is Br.CCC(=O)Nc1nc(C)c(-c2csc(Nc3cccc(C(=O)O)c3)n2)s1. The molecule has 3 rings (SSSR count). The van der Waals surface area contributed by atoms with Crippen LogP contribution in [0.25, 0.3) is 10.6 Å². The molecule has 0 atom stereocenters. The smallest absolute Gasteiger partial charge is 0.335 e. The predicted octanol–water partition coefficient (Wildman–Crippen LogP) is 4.94. The fraction of sp³-hybridized carbons (Fsp3) is 0.176. The summed E-state index contributed by atoms with van der Waals surface area (Å²) < 4.78 is 0. The second kappa shape index (κ2) is 9.07. The Morgan fingerprint density at radius 3 is 2.70 bits per heavy atom. The second-order valence-corrected chi connectivity index (χ2v) is 7.24. The Morgan fingerprint density at radius 1 is 1.22 bits per heavy atom. The number of benzene rings is 1. The van der Waals surface area contributed by atoms with Gasteiger partial charge in [0.25, 0.3) is 0 Å². The third-order valence-electron chi connectivity index (χ3n) is 3.46. The molecule has 2 heterocycles. The van der Waals surface area contributed by atoms with Gasteiger partial charge in [-0.05, 0) is 25.1 Å². The minimum atomic E-state index is -0.976. The van der Waals surface area contributed by atoms with Gasteiger partial charge >= 0.3 is 5.97 Å². The summed E-state index contributed by atoms with van der Waals surface area (Å²) in [6.45, 7) is 3.66. The minimum Gasteiger partial charge on any atom is -0.478 e. The Bertz CT molecular complexity index is 971. The number of hydrogen-bond donors (Lipinski definition) is 3. The molecule has 0 radical (unpaired) electrons. The van der Waals surface area contributed by atoms with Crippen LogP contribution < -0.4 is 10.6 Å². The Hall–Kier alpha value is -2.30. The third kappa shape index (κ3) is 5.12. The summed E-state index contributed by atoms with van der Waals surface area (Å²) in [6.07, 6.45) is 0.397. The van der Waals surface area contributed by atoms with Crippen molar-refractivity contribution in [2.45, 2.75) is 20.3 Å². The van der Waals surface area contributed by atoms with E-state index in [4.69, 9.17) is 5.11 Å². The molecule has 0 spiro atoms. The van der Waals surface area contributed by atoms with Crippen LogP contribution in [0, 0.1) is 6.92 Å². The van der Waals surface area contributed by atoms with E-state index in [-0.39, 0.29) is 28.5 Å². The topological polar surface area (TPSA) is 104 Å². The van der Waals surface area contributed by atoms with Crippen molar-refractivity contribution in [3.63, 3.8) is 0 Å². The zero-order valence-electron chi connectivity index (χ0n) is 14.5. The highest BCUT2D eigenvalue weighted by Gasteiger charge is 2.14. The number of carbonyl (C=O) groups is 2. The predicted molar refractivity (Wildman–Crippen MR) is 114 cm³/mol. The number of anilines is 3. The van der Waals surface area contributed by atoms with Crippen LogP contribution in [0.4, 0.5) is 16.0 Å². The molecule has 10 heteroatoms. The van der Waals surface area contributed by atoms with Crippen molar-refractivity contribution in [2.24, 2.45) is 0 Å². The highest BCUT2D eigenvalue weighted by atomic mass is 79.9. The number of nitrogens with one attached hydrogen (secondary N) is 2. The van der Waals surface area contributed by atoms with Gasteiger partial charge in [-0.1, -0.05) is 24.3 Å². The number of carboxylic acid groups (broad SMARTS) is 1. The number of amides is 1. The average molecular weight is 469 g/mol. The van der Waals surface area contributed by atoms with Crippen LogP contribution in [0.5, 0.6) is 0 Å². The van der Waals surface area contributed by atoms with E-state index in [1.165, 1.54) is 28.7 Å². The first-order chi connectivity index (χ1) is 12.5. The summed E-state index contributed by atoms with van der Waals surface area (Å²) in [5.74, 6) is -1.06. The Labute approximate surface area is 174 Å². The number of aromatic nitrogens is 2. The molecule has 0 saturated heterocycles. The first-order valence-corrected chi connectivity index (χ1v) is 9.49. The van der Waals surface area contributed by atoms with Gasteiger partial charge in [0.15, 0.2) is 10.3 Å². The summed E-state index contributed by atoms with van der Waals surface area (Å²) >= 11 is 2.79. The molecule has 0 aliphatic heterocycles. The van der Waals surface area contributed by atoms with E-state index in [0.717, 1.165) is 16.3 Å². The van der Waals surface area contributed by atoms with Crippen molar-refractivity contribution >= 4 is 67.5 Å². The van der Waals surface area contributed by atoms with Gasteiger partial charge in [-0.25, -0.2) is 14.8 Å². The van der Waals surface area contributed by atoms with Crippen molar-refractivity contribution in [3.8, 4) is 10.6 Å². The number of aromatic carboxylic acids is 1. The zero-order valence-corrected chi connectivity index (χ0v) is 17.8. The van der Waals surface area contributed by atoms with E-state index in [1.54, 1.807) is 25.1 Å². The Kier molecular flexibility index (Phi) is 7.05. The number of aryl methyl sites for hydroxylation is 1. The summed E-state index contributed by atoms with van der Waals surface area (Å²) in [7, 11) is 0. The second-order valence-electron chi connectivity index (χ2n) is 5.38. The number of halogens is 1. The Balaban J connectivity index is 0.00000261. The molecule has 1 amide bonds. The molecule has 27 heavy (non-hydrogen) atoms. The van der Waals surface area contributed by atoms with Crippen molar-refractivity contribution < 1.29 is 14.7 Å². The number of carbonyl (C=O) groups excluding carboxylic acids is 1. The quantitative estimate of drug-likeness (QED) is 0.472. The van der Waals surface area contributed by atoms with E-state index in [2.05, 4.69) is 20.6 Å². The number of thiazole rings is 2. The lowest BCUT2D eigenvalue weighted by Crippen LogP contribution is -2.08. The first kappa shape index (κ1) is 21.0. The molecule has 0 aliphatic carbocycles. The molecule has 3 aromatic rings. The van der Waals surface area contributed by atoms with Crippen LogP contribution in [0.1, 0.15) is 29.4 Å². The van der Waals surface area contributed by atoms with E-state index < -0.39 is 5.97 Å². The van der Waals surface area contributed by atoms with E-state index >= 15 is 0 Å². The lowest BCUT2D eigenvalue weighted by molar-refractivity contribution is -0.115. The number of rotatable bonds is 6. The Morgan fingerprint density at radius 2 is 2.00 bits per heavy atom. The molecule has 3 N–H and O–H groups in total. The third-order valence-corrected chi connectivity index (χ3v) is 5.31. The monoisotopic (exact) mass is 468 g/mol. The van der Waals surface area contributed by atoms with Crippen LogP contribution in [0.15, 0.2) is 29.6 Å². The van der Waals surface area contributed by atoms with Gasteiger partial charge in [-0.15, -0.1) is 28.3 Å². The molecule has 0 fully saturated rings. The van der Waals surface area contributed by atoms with Crippen LogP contribution >= 0.6 is 39.7 Å². The molecule has 0 saturated carbocycles. The average Bonchev–Trinajstić information content (AvgIpc) is 3.21. The fourth-order valence-electron chi connectivity index (χ4n) is 2.18. The first-order valence-electron chi connectivity index (χ1n) is 7.80. The lowest BCUT2D eigenvalue weighted by atomic mass is 10.2. The number of hydrogen-bond acceptors (Lipinski definition) is 7. The zero-order chi connectivity index (χ0) is 18.7. The maximum atomic E-state index is 11.5. The van der Waals surface area contributed by atoms with E-state index in [0.29, 0.717) is 22.4 Å². The lowest BCUT2D eigenvalue weighted by Gasteiger charge is -2.03. The van der Waals surface area contributed by atoms with Crippen molar-refractivity contribution in [1.29, 1.82) is 0 Å². The van der Waals surface area contributed by atoms with Crippen LogP contribution in [0.3, 0.4) is 0 Å². The van der Waals surface area contributed by atoms with Gasteiger partial charge in [0.2, 0.25) is 5.91 Å².